The molecule has 38 heavy (non-hydrogen) atoms. The number of aromatic amines is 1. The molecule has 0 amide bonds. The third-order valence-corrected chi connectivity index (χ3v) is 6.08. The van der Waals surface area contributed by atoms with Gasteiger partial charge < -0.3 is 35.7 Å². The van der Waals surface area contributed by atoms with Crippen LogP contribution in [0.3, 0.4) is 0 Å². The quantitative estimate of drug-likeness (QED) is 0.267. The number of carboxylic acids is 2. The highest BCUT2D eigenvalue weighted by Crippen LogP contribution is 2.21. The predicted octanol–water partition coefficient (Wildman–Crippen LogP) is 3.52. The molecule has 0 radical (unpaired) electrons. The third kappa shape index (κ3) is 8.24. The topological polar surface area (TPSA) is 160 Å². The zero-order valence-electron chi connectivity index (χ0n) is 21.9. The maximum absolute atomic E-state index is 11.5. The minimum atomic E-state index is -1.69. The number of rotatable bonds is 10. The highest BCUT2D eigenvalue weighted by molar-refractivity contribution is 5.84. The molecule has 1 aliphatic rings. The van der Waals surface area contributed by atoms with E-state index in [1.54, 1.807) is 48.5 Å². The Morgan fingerprint density at radius 1 is 1.00 bits per heavy atom. The predicted molar refractivity (Wildman–Crippen MR) is 144 cm³/mol. The number of aromatic nitrogens is 2. The van der Waals surface area contributed by atoms with E-state index >= 15 is 0 Å². The molecule has 1 aromatic heterocycles. The van der Waals surface area contributed by atoms with E-state index in [9.17, 15) is 19.8 Å². The molecule has 0 bridgehead atoms. The van der Waals surface area contributed by atoms with Crippen molar-refractivity contribution in [2.24, 2.45) is 0 Å². The lowest BCUT2D eigenvalue weighted by Crippen LogP contribution is -2.47. The van der Waals surface area contributed by atoms with Crippen LogP contribution >= 0.6 is 0 Å². The Morgan fingerprint density at radius 2 is 1.50 bits per heavy atom. The first kappa shape index (κ1) is 28.5. The van der Waals surface area contributed by atoms with Gasteiger partial charge in [0.1, 0.15) is 11.5 Å². The molecule has 0 spiro atoms. The summed E-state index contributed by atoms with van der Waals surface area (Å²) in [6, 6.07) is 13.9. The monoisotopic (exact) mass is 524 g/mol. The fraction of sp³-hybridized carbons (Fsp3) is 0.393. The van der Waals surface area contributed by atoms with Crippen molar-refractivity contribution in [1.82, 2.24) is 15.3 Å². The normalized spacial score (nSPS) is 15.8. The number of H-pyrrole nitrogens is 1. The second-order valence-electron chi connectivity index (χ2n) is 9.32. The summed E-state index contributed by atoms with van der Waals surface area (Å²) >= 11 is 0. The van der Waals surface area contributed by atoms with Gasteiger partial charge in [0.05, 0.1) is 5.69 Å². The van der Waals surface area contributed by atoms with E-state index in [4.69, 9.17) is 15.2 Å². The van der Waals surface area contributed by atoms with Gasteiger partial charge in [-0.3, -0.25) is 0 Å². The van der Waals surface area contributed by atoms with Crippen molar-refractivity contribution in [3.63, 3.8) is 0 Å². The zero-order valence-corrected chi connectivity index (χ0v) is 21.9. The van der Waals surface area contributed by atoms with Crippen LogP contribution in [0.4, 0.5) is 5.95 Å². The molecule has 0 saturated carbocycles. The van der Waals surface area contributed by atoms with Crippen LogP contribution in [0.15, 0.2) is 48.5 Å². The van der Waals surface area contributed by atoms with E-state index in [0.29, 0.717) is 12.0 Å². The molecular formula is C28H36N4O6. The van der Waals surface area contributed by atoms with Crippen molar-refractivity contribution >= 4 is 17.9 Å². The SMILES string of the molecule is CCCN[C@H]1CCc2nc(N)[nH]c2C1.Cc1ccc(O[C@H](C(=O)O)[C@H](Oc2ccc(C)cc2)C(=O)O)cc1. The molecule has 3 atom stereocenters. The molecule has 0 fully saturated rings. The number of hydrogen-bond donors (Lipinski definition) is 5. The van der Waals surface area contributed by atoms with E-state index in [1.165, 1.54) is 18.5 Å². The van der Waals surface area contributed by atoms with Crippen LogP contribution in [0.1, 0.15) is 42.3 Å². The number of aryl methyl sites for hydroxylation is 3. The molecule has 3 aromatic rings. The van der Waals surface area contributed by atoms with Crippen molar-refractivity contribution in [3.8, 4) is 11.5 Å². The lowest BCUT2D eigenvalue weighted by atomic mass is 9.96. The summed E-state index contributed by atoms with van der Waals surface area (Å²) in [6.45, 7) is 7.04. The average Bonchev–Trinajstić information content (AvgIpc) is 3.26. The highest BCUT2D eigenvalue weighted by Gasteiger charge is 2.38. The Morgan fingerprint density at radius 3 is 1.95 bits per heavy atom. The number of anilines is 1. The number of nitrogen functional groups attached to an aromatic ring is 1. The Balaban J connectivity index is 0.000000241. The van der Waals surface area contributed by atoms with Crippen molar-refractivity contribution < 1.29 is 29.3 Å². The van der Waals surface area contributed by atoms with E-state index in [-0.39, 0.29) is 11.5 Å². The summed E-state index contributed by atoms with van der Waals surface area (Å²) < 4.78 is 10.7. The number of carbonyl (C=O) groups is 2. The molecule has 0 aliphatic heterocycles. The first-order valence-corrected chi connectivity index (χ1v) is 12.6. The van der Waals surface area contributed by atoms with Gasteiger partial charge in [-0.15, -0.1) is 0 Å². The van der Waals surface area contributed by atoms with Gasteiger partial charge in [0.25, 0.3) is 0 Å². The van der Waals surface area contributed by atoms with Gasteiger partial charge in [-0.1, -0.05) is 42.3 Å². The van der Waals surface area contributed by atoms with Crippen molar-refractivity contribution in [3.05, 3.63) is 71.0 Å². The lowest BCUT2D eigenvalue weighted by Gasteiger charge is -2.22. The average molecular weight is 525 g/mol. The van der Waals surface area contributed by atoms with Gasteiger partial charge in [0.2, 0.25) is 12.2 Å². The third-order valence-electron chi connectivity index (χ3n) is 6.08. The number of nitrogens with one attached hydrogen (secondary N) is 2. The van der Waals surface area contributed by atoms with Crippen LogP contribution in [0, 0.1) is 13.8 Å². The smallest absolute Gasteiger partial charge is 0.349 e. The van der Waals surface area contributed by atoms with E-state index in [1.807, 2.05) is 13.8 Å². The second-order valence-corrected chi connectivity index (χ2v) is 9.32. The Bertz CT molecular complexity index is 1130. The number of fused-ring (bicyclic) bond motifs is 1. The van der Waals surface area contributed by atoms with E-state index < -0.39 is 24.1 Å². The summed E-state index contributed by atoms with van der Waals surface area (Å²) in [5.74, 6) is -1.77. The molecule has 2 aromatic carbocycles. The molecule has 10 heteroatoms. The molecule has 0 unspecified atom stereocenters. The van der Waals surface area contributed by atoms with E-state index in [2.05, 4.69) is 22.2 Å². The number of nitrogens with two attached hydrogens (primary N) is 1. The fourth-order valence-corrected chi connectivity index (χ4v) is 4.04. The molecular weight excluding hydrogens is 488 g/mol. The van der Waals surface area contributed by atoms with Gasteiger partial charge in [-0.2, -0.15) is 0 Å². The highest BCUT2D eigenvalue weighted by atomic mass is 16.6. The number of imidazole rings is 1. The van der Waals surface area contributed by atoms with Crippen LogP contribution in [-0.2, 0) is 22.4 Å². The first-order valence-electron chi connectivity index (χ1n) is 12.6. The number of ether oxygens (including phenoxy) is 2. The van der Waals surface area contributed by atoms with Gasteiger partial charge in [-0.05, 0) is 63.9 Å². The standard InChI is InChI=1S/C18H18O6.C10H18N4/c1-11-3-7-13(8-4-11)23-15(17(19)20)16(18(21)22)24-14-9-5-12(2)6-10-14;1-2-5-12-7-3-4-8-9(6-7)14-10(11)13-8/h3-10,15-16H,1-2H3,(H,19,20)(H,21,22);7,12H,2-6H2,1H3,(H3,11,13,14)/t15-,16-;7-/m00/s1. The van der Waals surface area contributed by atoms with Crippen LogP contribution in [0.5, 0.6) is 11.5 Å². The van der Waals surface area contributed by atoms with Crippen molar-refractivity contribution in [1.29, 1.82) is 0 Å². The van der Waals surface area contributed by atoms with Gasteiger partial charge in [0.15, 0.2) is 5.95 Å². The molecule has 0 saturated heterocycles. The zero-order chi connectivity index (χ0) is 27.7. The number of carboxylic acid groups (broad SMARTS) is 2. The van der Waals surface area contributed by atoms with Crippen LogP contribution in [0.2, 0.25) is 0 Å². The van der Waals surface area contributed by atoms with Crippen LogP contribution in [0.25, 0.3) is 0 Å². The summed E-state index contributed by atoms with van der Waals surface area (Å²) in [4.78, 5) is 30.4. The molecule has 4 rings (SSSR count). The summed E-state index contributed by atoms with van der Waals surface area (Å²) in [6.07, 6.45) is 1.08. The van der Waals surface area contributed by atoms with Crippen LogP contribution in [-0.4, -0.2) is 56.9 Å². The van der Waals surface area contributed by atoms with Crippen molar-refractivity contribution in [2.45, 2.75) is 64.7 Å². The molecule has 10 nitrogen and oxygen atoms in total. The number of benzene rings is 2. The molecule has 1 heterocycles. The Kier molecular flexibility index (Phi) is 10.1. The second kappa shape index (κ2) is 13.5. The van der Waals surface area contributed by atoms with Crippen LogP contribution < -0.4 is 20.5 Å². The molecule has 1 aliphatic carbocycles. The first-order chi connectivity index (χ1) is 18.2. The lowest BCUT2D eigenvalue weighted by molar-refractivity contribution is -0.161. The fourth-order valence-electron chi connectivity index (χ4n) is 4.04. The maximum atomic E-state index is 11.5. The number of hydrogen-bond acceptors (Lipinski definition) is 7. The Labute approximate surface area is 222 Å². The van der Waals surface area contributed by atoms with Gasteiger partial charge in [-0.25, -0.2) is 14.6 Å². The minimum Gasteiger partial charge on any atom is -0.478 e. The maximum Gasteiger partial charge on any atom is 0.349 e. The summed E-state index contributed by atoms with van der Waals surface area (Å²) in [5.41, 5.74) is 9.95. The number of aliphatic carboxylic acids is 2. The summed E-state index contributed by atoms with van der Waals surface area (Å²) in [5, 5.41) is 22.3. The van der Waals surface area contributed by atoms with Gasteiger partial charge in [0, 0.05) is 18.2 Å². The Hall–Kier alpha value is -4.05. The van der Waals surface area contributed by atoms with Gasteiger partial charge >= 0.3 is 11.9 Å². The summed E-state index contributed by atoms with van der Waals surface area (Å²) in [7, 11) is 0. The minimum absolute atomic E-state index is 0.256. The number of nitrogens with zero attached hydrogens (tertiary/aromatic N) is 1. The largest absolute Gasteiger partial charge is 0.478 e. The molecule has 204 valence electrons. The molecule has 6 N–H and O–H groups in total. The van der Waals surface area contributed by atoms with Crippen molar-refractivity contribution in [2.75, 3.05) is 12.3 Å². The van der Waals surface area contributed by atoms with E-state index in [0.717, 1.165) is 36.2 Å².